The van der Waals surface area contributed by atoms with Gasteiger partial charge in [-0.05, 0) is 50.2 Å². The molecule has 0 saturated heterocycles. The topological polar surface area (TPSA) is 87.8 Å². The van der Waals surface area contributed by atoms with Gasteiger partial charge in [0.1, 0.15) is 35.1 Å². The summed E-state index contributed by atoms with van der Waals surface area (Å²) in [5.41, 5.74) is 5.14. The maximum Gasteiger partial charge on any atom is 0.230 e. The van der Waals surface area contributed by atoms with Crippen LogP contribution in [0.5, 0.6) is 17.4 Å². The first-order chi connectivity index (χ1) is 16.7. The predicted molar refractivity (Wildman–Crippen MR) is 125 cm³/mol. The summed E-state index contributed by atoms with van der Waals surface area (Å²) in [5.74, 6) is 2.45. The molecule has 6 aromatic rings. The van der Waals surface area contributed by atoms with Crippen molar-refractivity contribution in [1.29, 1.82) is 0 Å². The van der Waals surface area contributed by atoms with Gasteiger partial charge in [0.15, 0.2) is 0 Å². The van der Waals surface area contributed by atoms with Crippen LogP contribution in [0, 0.1) is 13.8 Å². The highest BCUT2D eigenvalue weighted by Crippen LogP contribution is 2.37. The maximum atomic E-state index is 6.32. The van der Waals surface area contributed by atoms with Gasteiger partial charge < -0.3 is 18.4 Å². The SMILES string of the molecule is Cc1noc(C)c1COc1cc(Oc2nccc3occc23)ccc1-c1cccc2nccn12. The quantitative estimate of drug-likeness (QED) is 0.301. The Labute approximate surface area is 194 Å². The molecule has 0 amide bonds. The van der Waals surface area contributed by atoms with Crippen LogP contribution in [0.2, 0.25) is 0 Å². The average molecular weight is 452 g/mol. The van der Waals surface area contributed by atoms with Crippen molar-refractivity contribution in [2.75, 3.05) is 0 Å². The van der Waals surface area contributed by atoms with E-state index < -0.39 is 0 Å². The van der Waals surface area contributed by atoms with E-state index in [1.165, 1.54) is 0 Å². The van der Waals surface area contributed by atoms with Gasteiger partial charge in [0.05, 0.1) is 28.6 Å². The zero-order valence-electron chi connectivity index (χ0n) is 18.6. The van der Waals surface area contributed by atoms with E-state index >= 15 is 0 Å². The van der Waals surface area contributed by atoms with Crippen molar-refractivity contribution >= 4 is 16.6 Å². The Kier molecular flexibility index (Phi) is 4.76. The van der Waals surface area contributed by atoms with E-state index in [1.54, 1.807) is 24.7 Å². The smallest absolute Gasteiger partial charge is 0.230 e. The molecule has 0 aliphatic carbocycles. The molecule has 34 heavy (non-hydrogen) atoms. The lowest BCUT2D eigenvalue weighted by atomic mass is 10.1. The van der Waals surface area contributed by atoms with Gasteiger partial charge in [0, 0.05) is 30.2 Å². The zero-order chi connectivity index (χ0) is 23.1. The molecule has 5 aromatic heterocycles. The van der Waals surface area contributed by atoms with E-state index in [0.29, 0.717) is 29.6 Å². The maximum absolute atomic E-state index is 6.32. The molecule has 0 fully saturated rings. The number of furan rings is 1. The second-order valence-corrected chi connectivity index (χ2v) is 7.87. The molecule has 0 aliphatic rings. The summed E-state index contributed by atoms with van der Waals surface area (Å²) >= 11 is 0. The van der Waals surface area contributed by atoms with E-state index in [2.05, 4.69) is 15.1 Å². The van der Waals surface area contributed by atoms with Crippen molar-refractivity contribution in [2.24, 2.45) is 0 Å². The van der Waals surface area contributed by atoms with Crippen LogP contribution in [0.25, 0.3) is 27.9 Å². The third kappa shape index (κ3) is 3.45. The van der Waals surface area contributed by atoms with E-state index in [1.807, 2.05) is 66.9 Å². The molecule has 168 valence electrons. The van der Waals surface area contributed by atoms with Crippen LogP contribution in [0.15, 0.2) is 82.3 Å². The van der Waals surface area contributed by atoms with Crippen LogP contribution in [-0.4, -0.2) is 19.5 Å². The molecule has 0 unspecified atom stereocenters. The normalized spacial score (nSPS) is 11.4. The first-order valence-electron chi connectivity index (χ1n) is 10.8. The van der Waals surface area contributed by atoms with Crippen molar-refractivity contribution in [3.8, 4) is 28.6 Å². The zero-order valence-corrected chi connectivity index (χ0v) is 18.6. The Morgan fingerprint density at radius 2 is 1.94 bits per heavy atom. The molecule has 0 bridgehead atoms. The van der Waals surface area contributed by atoms with Crippen molar-refractivity contribution in [2.45, 2.75) is 20.5 Å². The van der Waals surface area contributed by atoms with Crippen molar-refractivity contribution < 1.29 is 18.4 Å². The first kappa shape index (κ1) is 20.0. The number of ether oxygens (including phenoxy) is 2. The van der Waals surface area contributed by atoms with Gasteiger partial charge in [-0.2, -0.15) is 0 Å². The molecular formula is C26H20N4O4. The highest BCUT2D eigenvalue weighted by atomic mass is 16.5. The number of imidazole rings is 1. The third-order valence-electron chi connectivity index (χ3n) is 5.77. The summed E-state index contributed by atoms with van der Waals surface area (Å²) in [4.78, 5) is 8.77. The largest absolute Gasteiger partial charge is 0.488 e. The van der Waals surface area contributed by atoms with Gasteiger partial charge in [-0.1, -0.05) is 11.2 Å². The van der Waals surface area contributed by atoms with Crippen LogP contribution in [0.3, 0.4) is 0 Å². The summed E-state index contributed by atoms with van der Waals surface area (Å²) < 4.78 is 25.2. The summed E-state index contributed by atoms with van der Waals surface area (Å²) in [6, 6.07) is 15.3. The minimum Gasteiger partial charge on any atom is -0.488 e. The number of rotatable bonds is 6. The Bertz CT molecular complexity index is 1610. The summed E-state index contributed by atoms with van der Waals surface area (Å²) in [5, 5.41) is 4.83. The van der Waals surface area contributed by atoms with Crippen LogP contribution in [0.1, 0.15) is 17.0 Å². The Hall–Kier alpha value is -4.59. The molecule has 0 aliphatic heterocycles. The van der Waals surface area contributed by atoms with E-state index in [4.69, 9.17) is 18.4 Å². The molecule has 0 radical (unpaired) electrons. The molecular weight excluding hydrogens is 432 g/mol. The number of pyridine rings is 2. The van der Waals surface area contributed by atoms with Crippen LogP contribution >= 0.6 is 0 Å². The molecule has 0 N–H and O–H groups in total. The summed E-state index contributed by atoms with van der Waals surface area (Å²) in [6.07, 6.45) is 6.98. The van der Waals surface area contributed by atoms with E-state index in [0.717, 1.165) is 39.3 Å². The second-order valence-electron chi connectivity index (χ2n) is 7.87. The molecule has 1 aromatic carbocycles. The average Bonchev–Trinajstić information content (AvgIpc) is 3.59. The lowest BCUT2D eigenvalue weighted by Crippen LogP contribution is -2.01. The number of fused-ring (bicyclic) bond motifs is 2. The Morgan fingerprint density at radius 1 is 1.00 bits per heavy atom. The van der Waals surface area contributed by atoms with Crippen molar-refractivity contribution in [1.82, 2.24) is 19.5 Å². The van der Waals surface area contributed by atoms with Crippen LogP contribution < -0.4 is 9.47 Å². The van der Waals surface area contributed by atoms with Gasteiger partial charge >= 0.3 is 0 Å². The number of aryl methyl sites for hydroxylation is 2. The highest BCUT2D eigenvalue weighted by Gasteiger charge is 2.16. The molecule has 6 rings (SSSR count). The molecule has 0 atom stereocenters. The minimum atomic E-state index is 0.313. The van der Waals surface area contributed by atoms with Crippen LogP contribution in [0.4, 0.5) is 0 Å². The van der Waals surface area contributed by atoms with Crippen LogP contribution in [-0.2, 0) is 6.61 Å². The minimum absolute atomic E-state index is 0.313. The monoisotopic (exact) mass is 452 g/mol. The third-order valence-corrected chi connectivity index (χ3v) is 5.77. The van der Waals surface area contributed by atoms with E-state index in [-0.39, 0.29) is 0 Å². The van der Waals surface area contributed by atoms with Gasteiger partial charge in [-0.25, -0.2) is 9.97 Å². The number of benzene rings is 1. The first-order valence-corrected chi connectivity index (χ1v) is 10.8. The number of aromatic nitrogens is 4. The van der Waals surface area contributed by atoms with Gasteiger partial charge in [-0.3, -0.25) is 4.40 Å². The number of hydrogen-bond donors (Lipinski definition) is 0. The van der Waals surface area contributed by atoms with Crippen molar-refractivity contribution in [3.63, 3.8) is 0 Å². The number of hydrogen-bond acceptors (Lipinski definition) is 7. The predicted octanol–water partition coefficient (Wildman–Crippen LogP) is 6.12. The van der Waals surface area contributed by atoms with Crippen molar-refractivity contribution in [3.05, 3.63) is 90.4 Å². The lowest BCUT2D eigenvalue weighted by molar-refractivity contribution is 0.301. The van der Waals surface area contributed by atoms with Gasteiger partial charge in [-0.15, -0.1) is 0 Å². The highest BCUT2D eigenvalue weighted by molar-refractivity contribution is 5.82. The standard InChI is InChI=1S/C26H20N4O4/c1-16-21(17(2)34-29-16)15-32-24-14-18(33-26-20-9-13-31-23(20)8-10-28-26)6-7-19(24)22-4-3-5-25-27-11-12-30(22)25/h3-14H,15H2,1-2H3. The fourth-order valence-corrected chi connectivity index (χ4v) is 3.98. The Balaban J connectivity index is 1.42. The lowest BCUT2D eigenvalue weighted by Gasteiger charge is -2.15. The molecule has 0 spiro atoms. The summed E-state index contributed by atoms with van der Waals surface area (Å²) in [7, 11) is 0. The summed E-state index contributed by atoms with van der Waals surface area (Å²) in [6.45, 7) is 4.09. The van der Waals surface area contributed by atoms with Gasteiger partial charge in [0.25, 0.3) is 0 Å². The molecule has 5 heterocycles. The number of nitrogens with zero attached hydrogens (tertiary/aromatic N) is 4. The molecule has 8 nitrogen and oxygen atoms in total. The fraction of sp³-hybridized carbons (Fsp3) is 0.115. The van der Waals surface area contributed by atoms with E-state index in [9.17, 15) is 0 Å². The second kappa shape index (κ2) is 8.08. The molecule has 0 saturated carbocycles. The fourth-order valence-electron chi connectivity index (χ4n) is 3.98. The van der Waals surface area contributed by atoms with Gasteiger partial charge in [0.2, 0.25) is 5.88 Å². The Morgan fingerprint density at radius 3 is 2.82 bits per heavy atom. The molecule has 8 heteroatoms.